The van der Waals surface area contributed by atoms with Gasteiger partial charge in [0.1, 0.15) is 0 Å². The summed E-state index contributed by atoms with van der Waals surface area (Å²) >= 11 is 5.21. The molecule has 0 heterocycles. The van der Waals surface area contributed by atoms with Crippen molar-refractivity contribution in [2.75, 3.05) is 5.32 Å². The van der Waals surface area contributed by atoms with Gasteiger partial charge in [-0.25, -0.2) is 4.79 Å². The number of hydrogen-bond donors (Lipinski definition) is 3. The van der Waals surface area contributed by atoms with E-state index in [1.54, 1.807) is 42.5 Å². The van der Waals surface area contributed by atoms with E-state index >= 15 is 0 Å². The Morgan fingerprint density at radius 1 is 1.09 bits per heavy atom. The molecule has 0 unspecified atom stereocenters. The number of carboxylic acids is 1. The van der Waals surface area contributed by atoms with Crippen LogP contribution in [0.3, 0.4) is 0 Å². The van der Waals surface area contributed by atoms with E-state index in [2.05, 4.69) is 10.6 Å². The quantitative estimate of drug-likeness (QED) is 0.578. The number of ketones is 1. The standard InChI is InChI=1S/C17H16N2O3S/c1-11(20)14-3-2-4-15(9-14)19-17(23)18-10-12-5-7-13(8-6-12)16(21)22/h2-9H,10H2,1H3,(H,21,22)(H2,18,19,23). The van der Waals surface area contributed by atoms with E-state index < -0.39 is 5.97 Å². The van der Waals surface area contributed by atoms with Crippen LogP contribution in [0, 0.1) is 0 Å². The van der Waals surface area contributed by atoms with Crippen molar-refractivity contribution in [3.05, 3.63) is 65.2 Å². The number of carbonyl (C=O) groups excluding carboxylic acids is 1. The van der Waals surface area contributed by atoms with Gasteiger partial charge in [-0.3, -0.25) is 4.79 Å². The summed E-state index contributed by atoms with van der Waals surface area (Å²) in [5, 5.41) is 15.3. The summed E-state index contributed by atoms with van der Waals surface area (Å²) in [4.78, 5) is 22.1. The smallest absolute Gasteiger partial charge is 0.335 e. The van der Waals surface area contributed by atoms with E-state index in [0.29, 0.717) is 17.2 Å². The van der Waals surface area contributed by atoms with Gasteiger partial charge in [-0.2, -0.15) is 0 Å². The number of nitrogens with one attached hydrogen (secondary N) is 2. The van der Waals surface area contributed by atoms with Crippen molar-refractivity contribution in [1.29, 1.82) is 0 Å². The van der Waals surface area contributed by atoms with Crippen LogP contribution in [0.1, 0.15) is 33.2 Å². The van der Waals surface area contributed by atoms with Crippen LogP contribution >= 0.6 is 12.2 Å². The average Bonchev–Trinajstić information content (AvgIpc) is 2.53. The molecule has 2 aromatic carbocycles. The maximum atomic E-state index is 11.4. The Morgan fingerprint density at radius 3 is 2.39 bits per heavy atom. The van der Waals surface area contributed by atoms with Gasteiger partial charge in [0.05, 0.1) is 5.56 Å². The van der Waals surface area contributed by atoms with Crippen molar-refractivity contribution < 1.29 is 14.7 Å². The third-order valence-corrected chi connectivity index (χ3v) is 3.43. The van der Waals surface area contributed by atoms with Crippen molar-refractivity contribution >= 4 is 34.8 Å². The lowest BCUT2D eigenvalue weighted by Gasteiger charge is -2.11. The van der Waals surface area contributed by atoms with Crippen molar-refractivity contribution in [3.63, 3.8) is 0 Å². The van der Waals surface area contributed by atoms with Gasteiger partial charge in [0.15, 0.2) is 10.9 Å². The first-order valence-corrected chi connectivity index (χ1v) is 7.34. The molecular weight excluding hydrogens is 312 g/mol. The highest BCUT2D eigenvalue weighted by molar-refractivity contribution is 7.80. The lowest BCUT2D eigenvalue weighted by Crippen LogP contribution is -2.27. The molecule has 0 aromatic heterocycles. The lowest BCUT2D eigenvalue weighted by molar-refractivity contribution is 0.0696. The zero-order valence-electron chi connectivity index (χ0n) is 12.5. The van der Waals surface area contributed by atoms with Crippen LogP contribution in [0.4, 0.5) is 5.69 Å². The first-order chi connectivity index (χ1) is 11.0. The minimum Gasteiger partial charge on any atom is -0.478 e. The summed E-state index contributed by atoms with van der Waals surface area (Å²) in [5.74, 6) is -0.960. The van der Waals surface area contributed by atoms with Crippen LogP contribution in [0.15, 0.2) is 48.5 Å². The normalized spacial score (nSPS) is 9.96. The van der Waals surface area contributed by atoms with Gasteiger partial charge in [0.2, 0.25) is 0 Å². The zero-order valence-corrected chi connectivity index (χ0v) is 13.3. The summed E-state index contributed by atoms with van der Waals surface area (Å²) in [6.07, 6.45) is 0. The van der Waals surface area contributed by atoms with E-state index in [1.807, 2.05) is 6.07 Å². The van der Waals surface area contributed by atoms with Crippen molar-refractivity contribution in [3.8, 4) is 0 Å². The number of anilines is 1. The van der Waals surface area contributed by atoms with Crippen molar-refractivity contribution in [2.24, 2.45) is 0 Å². The van der Waals surface area contributed by atoms with E-state index in [4.69, 9.17) is 17.3 Å². The Kier molecular flexibility index (Phi) is 5.43. The highest BCUT2D eigenvalue weighted by Crippen LogP contribution is 2.11. The average molecular weight is 328 g/mol. The Morgan fingerprint density at radius 2 is 1.78 bits per heavy atom. The van der Waals surface area contributed by atoms with Gasteiger partial charge in [-0.15, -0.1) is 0 Å². The minimum atomic E-state index is -0.952. The molecule has 118 valence electrons. The van der Waals surface area contributed by atoms with E-state index in [9.17, 15) is 9.59 Å². The highest BCUT2D eigenvalue weighted by atomic mass is 32.1. The third kappa shape index (κ3) is 4.89. The molecule has 3 N–H and O–H groups in total. The zero-order chi connectivity index (χ0) is 16.8. The molecule has 6 heteroatoms. The summed E-state index contributed by atoms with van der Waals surface area (Å²) < 4.78 is 0. The Hall–Kier alpha value is -2.73. The fourth-order valence-corrected chi connectivity index (χ4v) is 2.13. The van der Waals surface area contributed by atoms with E-state index in [0.717, 1.165) is 11.3 Å². The van der Waals surface area contributed by atoms with Gasteiger partial charge in [-0.1, -0.05) is 24.3 Å². The van der Waals surface area contributed by atoms with Gasteiger partial charge in [0.25, 0.3) is 0 Å². The fourth-order valence-electron chi connectivity index (χ4n) is 1.94. The Bertz CT molecular complexity index is 742. The molecule has 0 aliphatic heterocycles. The second kappa shape index (κ2) is 7.51. The largest absolute Gasteiger partial charge is 0.478 e. The second-order valence-corrected chi connectivity index (χ2v) is 5.35. The minimum absolute atomic E-state index is 0.00829. The second-order valence-electron chi connectivity index (χ2n) is 4.95. The highest BCUT2D eigenvalue weighted by Gasteiger charge is 2.04. The Labute approximate surface area is 139 Å². The molecular formula is C17H16N2O3S. The van der Waals surface area contributed by atoms with E-state index in [-0.39, 0.29) is 11.3 Å². The molecule has 0 bridgehead atoms. The number of aromatic carboxylic acids is 1. The monoisotopic (exact) mass is 328 g/mol. The maximum Gasteiger partial charge on any atom is 0.335 e. The molecule has 0 saturated carbocycles. The molecule has 2 aromatic rings. The van der Waals surface area contributed by atoms with Gasteiger partial charge >= 0.3 is 5.97 Å². The summed E-state index contributed by atoms with van der Waals surface area (Å²) in [5.41, 5.74) is 2.51. The first kappa shape index (κ1) is 16.6. The number of hydrogen-bond acceptors (Lipinski definition) is 3. The van der Waals surface area contributed by atoms with Crippen molar-refractivity contribution in [2.45, 2.75) is 13.5 Å². The van der Waals surface area contributed by atoms with Crippen LogP contribution in [0.2, 0.25) is 0 Å². The SMILES string of the molecule is CC(=O)c1cccc(NC(=S)NCc2ccc(C(=O)O)cc2)c1. The lowest BCUT2D eigenvalue weighted by atomic mass is 10.1. The summed E-state index contributed by atoms with van der Waals surface area (Å²) in [6, 6.07) is 13.6. The van der Waals surface area contributed by atoms with Crippen molar-refractivity contribution in [1.82, 2.24) is 5.32 Å². The predicted octanol–water partition coefficient (Wildman–Crippen LogP) is 3.07. The molecule has 0 radical (unpaired) electrons. The number of thiocarbonyl (C=S) groups is 1. The maximum absolute atomic E-state index is 11.4. The molecule has 0 spiro atoms. The number of carbonyl (C=O) groups is 2. The van der Waals surface area contributed by atoms with Gasteiger partial charge in [-0.05, 0) is 49.0 Å². The third-order valence-electron chi connectivity index (χ3n) is 3.18. The molecule has 2 rings (SSSR count). The first-order valence-electron chi connectivity index (χ1n) is 6.94. The van der Waals surface area contributed by atoms with E-state index in [1.165, 1.54) is 6.92 Å². The number of benzene rings is 2. The number of carboxylic acid groups (broad SMARTS) is 1. The number of rotatable bonds is 5. The topological polar surface area (TPSA) is 78.4 Å². The molecule has 0 aliphatic carbocycles. The van der Waals surface area contributed by atoms with Crippen LogP contribution in [0.5, 0.6) is 0 Å². The molecule has 0 aliphatic rings. The van der Waals surface area contributed by atoms with Gasteiger partial charge < -0.3 is 15.7 Å². The van der Waals surface area contributed by atoms with Crippen LogP contribution in [-0.4, -0.2) is 22.0 Å². The van der Waals surface area contributed by atoms with Gasteiger partial charge in [0, 0.05) is 17.8 Å². The molecule has 0 fully saturated rings. The fraction of sp³-hybridized carbons (Fsp3) is 0.118. The Balaban J connectivity index is 1.91. The van der Waals surface area contributed by atoms with Crippen LogP contribution < -0.4 is 10.6 Å². The summed E-state index contributed by atoms with van der Waals surface area (Å²) in [6.45, 7) is 1.98. The molecule has 5 nitrogen and oxygen atoms in total. The van der Waals surface area contributed by atoms with Crippen LogP contribution in [-0.2, 0) is 6.54 Å². The predicted molar refractivity (Wildman–Crippen MR) is 92.9 cm³/mol. The number of Topliss-reactive ketones (excluding diaryl/α,β-unsaturated/α-hetero) is 1. The van der Waals surface area contributed by atoms with Crippen LogP contribution in [0.25, 0.3) is 0 Å². The molecule has 0 amide bonds. The molecule has 23 heavy (non-hydrogen) atoms. The summed E-state index contributed by atoms with van der Waals surface area (Å²) in [7, 11) is 0. The molecule has 0 atom stereocenters. The molecule has 0 saturated heterocycles.